The van der Waals surface area contributed by atoms with Crippen LogP contribution >= 0.6 is 0 Å². The molecule has 0 radical (unpaired) electrons. The number of benzene rings is 1. The van der Waals surface area contributed by atoms with Crippen molar-refractivity contribution in [3.63, 3.8) is 0 Å². The molecule has 94 valence electrons. The Bertz CT molecular complexity index is 610. The molecule has 3 nitrogen and oxygen atoms in total. The number of oxime groups is 1. The Hall–Kier alpha value is -1.77. The third-order valence-electron chi connectivity index (χ3n) is 3.81. The van der Waals surface area contributed by atoms with E-state index in [1.807, 2.05) is 0 Å². The van der Waals surface area contributed by atoms with Crippen molar-refractivity contribution in [2.45, 2.75) is 39.0 Å². The monoisotopic (exact) mass is 242 g/mol. The third-order valence-corrected chi connectivity index (χ3v) is 3.81. The third kappa shape index (κ3) is 1.80. The molecule has 1 aliphatic carbocycles. The van der Waals surface area contributed by atoms with Crippen molar-refractivity contribution in [3.8, 4) is 0 Å². The number of aryl methyl sites for hydroxylation is 2. The number of hydrogen-bond acceptors (Lipinski definition) is 2. The number of hydrogen-bond donors (Lipinski definition) is 2. The molecule has 2 N–H and O–H groups in total. The van der Waals surface area contributed by atoms with Crippen LogP contribution in [0.25, 0.3) is 10.9 Å². The van der Waals surface area contributed by atoms with Gasteiger partial charge in [0, 0.05) is 10.9 Å². The number of aromatic amines is 1. The van der Waals surface area contributed by atoms with Gasteiger partial charge in [-0.25, -0.2) is 0 Å². The summed E-state index contributed by atoms with van der Waals surface area (Å²) < 4.78 is 0. The van der Waals surface area contributed by atoms with Crippen LogP contribution in [0.3, 0.4) is 0 Å². The Balaban J connectivity index is 2.25. The van der Waals surface area contributed by atoms with E-state index in [-0.39, 0.29) is 0 Å². The molecular weight excluding hydrogens is 224 g/mol. The maximum atomic E-state index is 9.20. The fraction of sp³-hybridized carbons (Fsp3) is 0.400. The van der Waals surface area contributed by atoms with Crippen molar-refractivity contribution < 1.29 is 5.21 Å². The second-order valence-electron chi connectivity index (χ2n) is 5.13. The van der Waals surface area contributed by atoms with Crippen LogP contribution < -0.4 is 0 Å². The van der Waals surface area contributed by atoms with Crippen molar-refractivity contribution in [1.82, 2.24) is 4.98 Å². The molecule has 0 saturated heterocycles. The van der Waals surface area contributed by atoms with Crippen LogP contribution in [0.15, 0.2) is 23.4 Å². The molecule has 18 heavy (non-hydrogen) atoms. The van der Waals surface area contributed by atoms with Gasteiger partial charge in [0.05, 0.1) is 5.69 Å². The minimum Gasteiger partial charge on any atom is -0.411 e. The SMILES string of the molecule is Cc1ccc2[nH]c3c(c2c1)CCCCC/C3=N\O. The average Bonchev–Trinajstić information content (AvgIpc) is 2.67. The molecule has 0 unspecified atom stereocenters. The van der Waals surface area contributed by atoms with Gasteiger partial charge < -0.3 is 10.2 Å². The lowest BCUT2D eigenvalue weighted by molar-refractivity contribution is 0.317. The van der Waals surface area contributed by atoms with Gasteiger partial charge in [0.1, 0.15) is 5.71 Å². The van der Waals surface area contributed by atoms with Gasteiger partial charge in [0.25, 0.3) is 0 Å². The second kappa shape index (κ2) is 4.48. The van der Waals surface area contributed by atoms with Gasteiger partial charge in [-0.3, -0.25) is 0 Å². The number of fused-ring (bicyclic) bond motifs is 3. The van der Waals surface area contributed by atoms with Gasteiger partial charge >= 0.3 is 0 Å². The molecule has 0 fully saturated rings. The highest BCUT2D eigenvalue weighted by Gasteiger charge is 2.18. The standard InChI is InChI=1S/C15H18N2O/c1-10-7-8-13-12(9-10)11-5-3-2-4-6-14(17-18)15(11)16-13/h7-9,16,18H,2-6H2,1H3/b17-14+. The fourth-order valence-electron chi connectivity index (χ4n) is 2.86. The largest absolute Gasteiger partial charge is 0.411 e. The van der Waals surface area contributed by atoms with Crippen LogP contribution in [0.5, 0.6) is 0 Å². The number of aromatic nitrogens is 1. The topological polar surface area (TPSA) is 48.4 Å². The number of H-pyrrole nitrogens is 1. The van der Waals surface area contributed by atoms with E-state index >= 15 is 0 Å². The summed E-state index contributed by atoms with van der Waals surface area (Å²) in [5, 5.41) is 14.0. The van der Waals surface area contributed by atoms with E-state index < -0.39 is 0 Å². The van der Waals surface area contributed by atoms with Crippen LogP contribution in [-0.2, 0) is 6.42 Å². The van der Waals surface area contributed by atoms with Gasteiger partial charge in [-0.05, 0) is 50.3 Å². The Morgan fingerprint density at radius 3 is 2.83 bits per heavy atom. The zero-order valence-corrected chi connectivity index (χ0v) is 10.7. The first-order chi connectivity index (χ1) is 8.79. The summed E-state index contributed by atoms with van der Waals surface area (Å²) >= 11 is 0. The van der Waals surface area contributed by atoms with E-state index in [9.17, 15) is 5.21 Å². The Kier molecular flexibility index (Phi) is 2.82. The normalized spacial score (nSPS) is 18.6. The Labute approximate surface area is 107 Å². The molecule has 3 rings (SSSR count). The molecule has 1 aromatic heterocycles. The molecule has 3 heteroatoms. The van der Waals surface area contributed by atoms with Crippen molar-refractivity contribution in [2.24, 2.45) is 5.16 Å². The summed E-state index contributed by atoms with van der Waals surface area (Å²) in [5.74, 6) is 0. The van der Waals surface area contributed by atoms with Crippen LogP contribution in [0.2, 0.25) is 0 Å². The lowest BCUT2D eigenvalue weighted by atomic mass is 9.95. The van der Waals surface area contributed by atoms with Crippen LogP contribution in [0.1, 0.15) is 42.5 Å². The molecule has 1 aliphatic rings. The molecule has 2 aromatic rings. The summed E-state index contributed by atoms with van der Waals surface area (Å²) in [4.78, 5) is 3.42. The minimum atomic E-state index is 0.804. The predicted octanol–water partition coefficient (Wildman–Crippen LogP) is 3.77. The first-order valence-corrected chi connectivity index (χ1v) is 6.62. The van der Waals surface area contributed by atoms with Crippen LogP contribution in [0.4, 0.5) is 0 Å². The van der Waals surface area contributed by atoms with Gasteiger partial charge in [0.15, 0.2) is 0 Å². The molecule has 0 bridgehead atoms. The van der Waals surface area contributed by atoms with E-state index in [4.69, 9.17) is 0 Å². The second-order valence-corrected chi connectivity index (χ2v) is 5.13. The zero-order chi connectivity index (χ0) is 12.5. The fourth-order valence-corrected chi connectivity index (χ4v) is 2.86. The molecule has 0 amide bonds. The Morgan fingerprint density at radius 2 is 2.00 bits per heavy atom. The summed E-state index contributed by atoms with van der Waals surface area (Å²) in [6.07, 6.45) is 5.45. The van der Waals surface area contributed by atoms with Gasteiger partial charge in [0.2, 0.25) is 0 Å². The maximum Gasteiger partial charge on any atom is 0.103 e. The van der Waals surface area contributed by atoms with Crippen LogP contribution in [0, 0.1) is 6.92 Å². The van der Waals surface area contributed by atoms with Gasteiger partial charge in [-0.1, -0.05) is 23.2 Å². The van der Waals surface area contributed by atoms with Crippen molar-refractivity contribution in [1.29, 1.82) is 0 Å². The number of nitrogens with one attached hydrogen (secondary N) is 1. The summed E-state index contributed by atoms with van der Waals surface area (Å²) in [5.41, 5.74) is 5.58. The van der Waals surface area contributed by atoms with Crippen molar-refractivity contribution >= 4 is 16.6 Å². The molecule has 0 atom stereocenters. The van der Waals surface area contributed by atoms with Gasteiger partial charge in [-0.15, -0.1) is 0 Å². The predicted molar refractivity (Wildman–Crippen MR) is 73.5 cm³/mol. The highest BCUT2D eigenvalue weighted by molar-refractivity contribution is 6.05. The maximum absolute atomic E-state index is 9.20. The first-order valence-electron chi connectivity index (χ1n) is 6.62. The molecular formula is C15H18N2O. The molecule has 0 spiro atoms. The van der Waals surface area contributed by atoms with E-state index in [1.54, 1.807) is 0 Å². The van der Waals surface area contributed by atoms with Gasteiger partial charge in [-0.2, -0.15) is 0 Å². The molecule has 1 aromatic carbocycles. The van der Waals surface area contributed by atoms with Crippen molar-refractivity contribution in [2.75, 3.05) is 0 Å². The smallest absolute Gasteiger partial charge is 0.103 e. The van der Waals surface area contributed by atoms with E-state index in [2.05, 4.69) is 35.3 Å². The summed E-state index contributed by atoms with van der Waals surface area (Å²) in [7, 11) is 0. The number of nitrogens with zero attached hydrogens (tertiary/aromatic N) is 1. The number of rotatable bonds is 0. The van der Waals surface area contributed by atoms with Crippen molar-refractivity contribution in [3.05, 3.63) is 35.0 Å². The zero-order valence-electron chi connectivity index (χ0n) is 10.7. The lowest BCUT2D eigenvalue weighted by Gasteiger charge is -2.11. The van der Waals surface area contributed by atoms with E-state index in [1.165, 1.54) is 29.4 Å². The highest BCUT2D eigenvalue weighted by atomic mass is 16.4. The summed E-state index contributed by atoms with van der Waals surface area (Å²) in [6.45, 7) is 2.11. The Morgan fingerprint density at radius 1 is 1.17 bits per heavy atom. The lowest BCUT2D eigenvalue weighted by Crippen LogP contribution is -2.08. The van der Waals surface area contributed by atoms with Crippen LogP contribution in [-0.4, -0.2) is 15.9 Å². The first kappa shape index (κ1) is 11.3. The van der Waals surface area contributed by atoms with E-state index in [0.717, 1.165) is 36.2 Å². The highest BCUT2D eigenvalue weighted by Crippen LogP contribution is 2.28. The quantitative estimate of drug-likeness (QED) is 0.536. The molecule has 0 saturated carbocycles. The molecule has 0 aliphatic heterocycles. The van der Waals surface area contributed by atoms with E-state index in [0.29, 0.717) is 0 Å². The minimum absolute atomic E-state index is 0.804. The average molecular weight is 242 g/mol. The summed E-state index contributed by atoms with van der Waals surface area (Å²) in [6, 6.07) is 6.45. The molecule has 1 heterocycles.